The minimum absolute atomic E-state index is 0.0588. The van der Waals surface area contributed by atoms with E-state index in [1.807, 2.05) is 13.0 Å². The summed E-state index contributed by atoms with van der Waals surface area (Å²) in [7, 11) is 0. The molecule has 27 heavy (non-hydrogen) atoms. The monoisotopic (exact) mass is 427 g/mol. The van der Waals surface area contributed by atoms with Gasteiger partial charge in [0.15, 0.2) is 5.78 Å². The lowest BCUT2D eigenvalue weighted by atomic mass is 10.1. The van der Waals surface area contributed by atoms with Crippen LogP contribution in [0.1, 0.15) is 30.1 Å². The first-order valence-electron chi connectivity index (χ1n) is 8.55. The largest absolute Gasteiger partial charge is 0.326 e. The van der Waals surface area contributed by atoms with Crippen molar-refractivity contribution in [1.29, 1.82) is 0 Å². The predicted molar refractivity (Wildman–Crippen MR) is 108 cm³/mol. The molecule has 0 fully saturated rings. The van der Waals surface area contributed by atoms with Gasteiger partial charge in [0.25, 0.3) is 5.56 Å². The third-order valence-electron chi connectivity index (χ3n) is 4.07. The molecule has 0 aliphatic carbocycles. The fourth-order valence-corrected chi connectivity index (χ4v) is 3.04. The third kappa shape index (κ3) is 4.49. The van der Waals surface area contributed by atoms with Crippen molar-refractivity contribution in [2.24, 2.45) is 0 Å². The minimum atomic E-state index is -0.266. The van der Waals surface area contributed by atoms with Crippen molar-refractivity contribution < 1.29 is 9.59 Å². The molecule has 0 radical (unpaired) electrons. The number of nitrogens with one attached hydrogen (secondary N) is 1. The predicted octanol–water partition coefficient (Wildman–Crippen LogP) is 3.78. The fraction of sp³-hybridized carbons (Fsp3) is 0.200. The lowest BCUT2D eigenvalue weighted by Gasteiger charge is -2.08. The van der Waals surface area contributed by atoms with Crippen LogP contribution in [0.25, 0.3) is 10.9 Å². The molecule has 2 aromatic carbocycles. The van der Waals surface area contributed by atoms with Crippen LogP contribution in [-0.2, 0) is 11.3 Å². The number of benzene rings is 2. The zero-order valence-electron chi connectivity index (χ0n) is 14.7. The number of nitrogens with zero attached hydrogens (tertiary/aromatic N) is 2. The molecular weight excluding hydrogens is 410 g/mol. The molecule has 3 rings (SSSR count). The molecule has 0 saturated heterocycles. The number of anilines is 1. The molecule has 0 saturated carbocycles. The molecule has 1 amide bonds. The van der Waals surface area contributed by atoms with Crippen LogP contribution in [-0.4, -0.2) is 21.2 Å². The Kier molecular flexibility index (Phi) is 5.81. The summed E-state index contributed by atoms with van der Waals surface area (Å²) in [4.78, 5) is 41.0. The molecule has 0 spiro atoms. The Morgan fingerprint density at radius 3 is 2.59 bits per heavy atom. The van der Waals surface area contributed by atoms with E-state index in [2.05, 4.69) is 26.2 Å². The van der Waals surface area contributed by atoms with Crippen LogP contribution in [0.4, 0.5) is 5.69 Å². The number of hydrogen-bond acceptors (Lipinski definition) is 4. The molecule has 0 unspecified atom stereocenters. The van der Waals surface area contributed by atoms with E-state index in [0.717, 1.165) is 10.9 Å². The number of fused-ring (bicyclic) bond motifs is 1. The van der Waals surface area contributed by atoms with E-state index in [-0.39, 0.29) is 23.8 Å². The molecular formula is C20H18BrN3O3. The summed E-state index contributed by atoms with van der Waals surface area (Å²) in [6.07, 6.45) is 2.61. The Labute approximate surface area is 164 Å². The van der Waals surface area contributed by atoms with Crippen LogP contribution in [0.3, 0.4) is 0 Å². The van der Waals surface area contributed by atoms with E-state index in [9.17, 15) is 14.4 Å². The highest BCUT2D eigenvalue weighted by Crippen LogP contribution is 2.15. The SMILES string of the molecule is CCCC(=O)Nc1ccc(C(=O)Cn2cnc3ccc(Br)cc3c2=O)cc1. The van der Waals surface area contributed by atoms with Crippen LogP contribution >= 0.6 is 15.9 Å². The normalized spacial score (nSPS) is 10.7. The summed E-state index contributed by atoms with van der Waals surface area (Å²) in [5.41, 5.74) is 1.42. The van der Waals surface area contributed by atoms with Crippen LogP contribution in [0.15, 0.2) is 58.1 Å². The Morgan fingerprint density at radius 1 is 1.15 bits per heavy atom. The lowest BCUT2D eigenvalue weighted by molar-refractivity contribution is -0.116. The summed E-state index contributed by atoms with van der Waals surface area (Å²) in [6.45, 7) is 1.83. The highest BCUT2D eigenvalue weighted by atomic mass is 79.9. The number of rotatable bonds is 6. The van der Waals surface area contributed by atoms with Gasteiger partial charge in [-0.3, -0.25) is 19.0 Å². The highest BCUT2D eigenvalue weighted by Gasteiger charge is 2.11. The van der Waals surface area contributed by atoms with Gasteiger partial charge >= 0.3 is 0 Å². The molecule has 0 aliphatic heterocycles. The van der Waals surface area contributed by atoms with Gasteiger partial charge in [-0.2, -0.15) is 0 Å². The first-order valence-corrected chi connectivity index (χ1v) is 9.35. The molecule has 1 heterocycles. The second-order valence-electron chi connectivity index (χ2n) is 6.14. The summed E-state index contributed by atoms with van der Waals surface area (Å²) in [5, 5.41) is 3.23. The van der Waals surface area contributed by atoms with Crippen molar-refractivity contribution in [1.82, 2.24) is 9.55 Å². The van der Waals surface area contributed by atoms with E-state index in [1.165, 1.54) is 10.9 Å². The smallest absolute Gasteiger partial charge is 0.261 e. The molecule has 6 nitrogen and oxygen atoms in total. The first-order chi connectivity index (χ1) is 13.0. The van der Waals surface area contributed by atoms with E-state index in [4.69, 9.17) is 0 Å². The zero-order valence-corrected chi connectivity index (χ0v) is 16.3. The maximum atomic E-state index is 12.6. The third-order valence-corrected chi connectivity index (χ3v) is 4.56. The molecule has 3 aromatic rings. The first kappa shape index (κ1) is 19.0. The second-order valence-corrected chi connectivity index (χ2v) is 7.05. The highest BCUT2D eigenvalue weighted by molar-refractivity contribution is 9.10. The van der Waals surface area contributed by atoms with Crippen molar-refractivity contribution in [3.8, 4) is 0 Å². The summed E-state index contributed by atoms with van der Waals surface area (Å²) >= 11 is 3.34. The van der Waals surface area contributed by atoms with E-state index in [1.54, 1.807) is 36.4 Å². The van der Waals surface area contributed by atoms with E-state index < -0.39 is 0 Å². The molecule has 0 atom stereocenters. The average Bonchev–Trinajstić information content (AvgIpc) is 2.65. The molecule has 1 aromatic heterocycles. The fourth-order valence-electron chi connectivity index (χ4n) is 2.68. The Hall–Kier alpha value is -2.80. The van der Waals surface area contributed by atoms with Gasteiger partial charge < -0.3 is 5.32 Å². The second kappa shape index (κ2) is 8.26. The van der Waals surface area contributed by atoms with Gasteiger partial charge in [-0.25, -0.2) is 4.98 Å². The van der Waals surface area contributed by atoms with Crippen molar-refractivity contribution >= 4 is 44.2 Å². The van der Waals surface area contributed by atoms with Gasteiger partial charge in [0, 0.05) is 22.1 Å². The van der Waals surface area contributed by atoms with Gasteiger partial charge in [-0.1, -0.05) is 22.9 Å². The topological polar surface area (TPSA) is 81.1 Å². The van der Waals surface area contributed by atoms with Crippen molar-refractivity contribution in [2.75, 3.05) is 5.32 Å². The van der Waals surface area contributed by atoms with Crippen molar-refractivity contribution in [3.63, 3.8) is 0 Å². The van der Waals surface area contributed by atoms with Crippen LogP contribution in [0.2, 0.25) is 0 Å². The Balaban J connectivity index is 1.77. The minimum Gasteiger partial charge on any atom is -0.326 e. The number of carbonyl (C=O) groups is 2. The number of hydrogen-bond donors (Lipinski definition) is 1. The quantitative estimate of drug-likeness (QED) is 0.606. The van der Waals surface area contributed by atoms with Crippen molar-refractivity contribution in [2.45, 2.75) is 26.3 Å². The number of halogens is 1. The number of amides is 1. The van der Waals surface area contributed by atoms with Gasteiger partial charge in [0.05, 0.1) is 23.8 Å². The van der Waals surface area contributed by atoms with Gasteiger partial charge in [0.1, 0.15) is 0 Å². The van der Waals surface area contributed by atoms with E-state index >= 15 is 0 Å². The Morgan fingerprint density at radius 2 is 1.89 bits per heavy atom. The van der Waals surface area contributed by atoms with Crippen molar-refractivity contribution in [3.05, 3.63) is 69.2 Å². The van der Waals surface area contributed by atoms with Gasteiger partial charge in [-0.05, 0) is 48.9 Å². The number of ketones is 1. The number of aromatic nitrogens is 2. The lowest BCUT2D eigenvalue weighted by Crippen LogP contribution is -2.24. The average molecular weight is 428 g/mol. The summed E-state index contributed by atoms with van der Waals surface area (Å²) < 4.78 is 2.08. The Bertz CT molecular complexity index is 1060. The number of carbonyl (C=O) groups excluding carboxylic acids is 2. The van der Waals surface area contributed by atoms with Gasteiger partial charge in [-0.15, -0.1) is 0 Å². The van der Waals surface area contributed by atoms with Crippen LogP contribution < -0.4 is 10.9 Å². The maximum Gasteiger partial charge on any atom is 0.261 e. The maximum absolute atomic E-state index is 12.6. The molecule has 0 bridgehead atoms. The summed E-state index contributed by atoms with van der Waals surface area (Å²) in [6, 6.07) is 11.9. The zero-order chi connectivity index (χ0) is 19.4. The van der Waals surface area contributed by atoms with Gasteiger partial charge in [0.2, 0.25) is 5.91 Å². The number of Topliss-reactive ketones (excluding diaryl/α,β-unsaturated/α-hetero) is 1. The molecule has 7 heteroatoms. The standard InChI is InChI=1S/C20H18BrN3O3/c1-2-3-19(26)23-15-7-4-13(5-8-15)18(25)11-24-12-22-17-9-6-14(21)10-16(17)20(24)27/h4-10,12H,2-3,11H2,1H3,(H,23,26). The van der Waals surface area contributed by atoms with Crippen LogP contribution in [0.5, 0.6) is 0 Å². The van der Waals surface area contributed by atoms with Crippen LogP contribution in [0, 0.1) is 0 Å². The summed E-state index contributed by atoms with van der Waals surface area (Å²) in [5.74, 6) is -0.267. The molecule has 0 aliphatic rings. The molecule has 138 valence electrons. The van der Waals surface area contributed by atoms with E-state index in [0.29, 0.717) is 28.6 Å². The molecule has 1 N–H and O–H groups in total.